The molecule has 1 aromatic carbocycles. The molecule has 1 aromatic heterocycles. The van der Waals surface area contributed by atoms with Crippen LogP contribution in [0.2, 0.25) is 0 Å². The summed E-state index contributed by atoms with van der Waals surface area (Å²) in [5.41, 5.74) is 1.58. The van der Waals surface area contributed by atoms with Gasteiger partial charge in [-0.15, -0.1) is 0 Å². The number of likely N-dealkylation sites (tertiary alicyclic amines) is 1. The maximum absolute atomic E-state index is 11.2. The molecular weight excluding hydrogens is 272 g/mol. The number of hydrogen-bond acceptors (Lipinski definition) is 5. The average molecular weight is 288 g/mol. The zero-order valence-electron chi connectivity index (χ0n) is 11.3. The number of aromatic nitrogens is 1. The van der Waals surface area contributed by atoms with Crippen LogP contribution >= 0.6 is 0 Å². The first kappa shape index (κ1) is 13.8. The summed E-state index contributed by atoms with van der Waals surface area (Å²) < 4.78 is 5.30. The molecule has 0 radical (unpaired) electrons. The second-order valence-electron chi connectivity index (χ2n) is 5.22. The van der Waals surface area contributed by atoms with Crippen molar-refractivity contribution in [2.75, 3.05) is 6.54 Å². The lowest BCUT2D eigenvalue weighted by Gasteiger charge is -2.18. The molecule has 0 bridgehead atoms. The van der Waals surface area contributed by atoms with Gasteiger partial charge in [0.2, 0.25) is 0 Å². The lowest BCUT2D eigenvalue weighted by Crippen LogP contribution is -2.35. The molecule has 21 heavy (non-hydrogen) atoms. The Labute approximate surface area is 121 Å². The van der Waals surface area contributed by atoms with E-state index in [1.807, 2.05) is 30.3 Å². The highest BCUT2D eigenvalue weighted by Gasteiger charge is 2.36. The lowest BCUT2D eigenvalue weighted by atomic mass is 10.1. The van der Waals surface area contributed by atoms with Crippen LogP contribution in [0.1, 0.15) is 12.1 Å². The third kappa shape index (κ3) is 2.96. The molecular formula is C15H16N2O4. The van der Waals surface area contributed by atoms with Gasteiger partial charge in [0.25, 0.3) is 0 Å². The molecule has 1 aliphatic rings. The number of aliphatic hydroxyl groups is 1. The van der Waals surface area contributed by atoms with E-state index in [-0.39, 0.29) is 6.42 Å². The normalized spacial score (nSPS) is 22.5. The number of carboxylic acid groups (broad SMARTS) is 1. The van der Waals surface area contributed by atoms with Crippen LogP contribution in [0.25, 0.3) is 11.3 Å². The fraction of sp³-hybridized carbons (Fsp3) is 0.333. The van der Waals surface area contributed by atoms with Crippen LogP contribution < -0.4 is 0 Å². The highest BCUT2D eigenvalue weighted by Crippen LogP contribution is 2.24. The number of aliphatic carboxylic acids is 1. The van der Waals surface area contributed by atoms with Crippen molar-refractivity contribution in [3.63, 3.8) is 0 Å². The molecule has 1 fully saturated rings. The third-order valence-corrected chi connectivity index (χ3v) is 3.65. The first-order chi connectivity index (χ1) is 10.1. The van der Waals surface area contributed by atoms with E-state index < -0.39 is 18.1 Å². The summed E-state index contributed by atoms with van der Waals surface area (Å²) in [5, 5.41) is 22.8. The van der Waals surface area contributed by atoms with Gasteiger partial charge < -0.3 is 14.7 Å². The Morgan fingerprint density at radius 2 is 2.14 bits per heavy atom. The largest absolute Gasteiger partial charge is 0.480 e. The number of hydrogen-bond donors (Lipinski definition) is 2. The predicted molar refractivity (Wildman–Crippen MR) is 74.4 cm³/mol. The molecule has 6 nitrogen and oxygen atoms in total. The van der Waals surface area contributed by atoms with Gasteiger partial charge in [-0.05, 0) is 0 Å². The van der Waals surface area contributed by atoms with Gasteiger partial charge in [-0.1, -0.05) is 35.5 Å². The van der Waals surface area contributed by atoms with Crippen molar-refractivity contribution in [1.82, 2.24) is 10.1 Å². The standard InChI is InChI=1S/C15H16N2O4/c18-12-7-13(15(19)20)17(9-12)8-11-6-14(21-16-11)10-4-2-1-3-5-10/h1-6,12-13,18H,7-9H2,(H,19,20). The van der Waals surface area contributed by atoms with E-state index in [1.54, 1.807) is 11.0 Å². The molecule has 6 heteroatoms. The van der Waals surface area contributed by atoms with E-state index in [1.165, 1.54) is 0 Å². The number of nitrogens with zero attached hydrogens (tertiary/aromatic N) is 2. The van der Waals surface area contributed by atoms with E-state index in [0.29, 0.717) is 24.5 Å². The van der Waals surface area contributed by atoms with Gasteiger partial charge in [0.05, 0.1) is 11.8 Å². The smallest absolute Gasteiger partial charge is 0.321 e. The van der Waals surface area contributed by atoms with E-state index >= 15 is 0 Å². The lowest BCUT2D eigenvalue weighted by molar-refractivity contribution is -0.142. The number of rotatable bonds is 4. The number of β-amino-alcohol motifs (C(OH)–C–C–N with tert-alkyl or cyclic N) is 1. The topological polar surface area (TPSA) is 86.8 Å². The molecule has 2 aromatic rings. The summed E-state index contributed by atoms with van der Waals surface area (Å²) in [6.45, 7) is 0.689. The van der Waals surface area contributed by atoms with Gasteiger partial charge in [0, 0.05) is 31.1 Å². The number of carbonyl (C=O) groups is 1. The maximum Gasteiger partial charge on any atom is 0.321 e. The van der Waals surface area contributed by atoms with E-state index in [9.17, 15) is 9.90 Å². The monoisotopic (exact) mass is 288 g/mol. The van der Waals surface area contributed by atoms with E-state index in [2.05, 4.69) is 5.16 Å². The van der Waals surface area contributed by atoms with Crippen molar-refractivity contribution in [1.29, 1.82) is 0 Å². The minimum absolute atomic E-state index is 0.249. The van der Waals surface area contributed by atoms with Gasteiger partial charge in [0.1, 0.15) is 6.04 Å². The molecule has 2 unspecified atom stereocenters. The quantitative estimate of drug-likeness (QED) is 0.883. The van der Waals surface area contributed by atoms with Crippen molar-refractivity contribution in [3.8, 4) is 11.3 Å². The van der Waals surface area contributed by atoms with Gasteiger partial charge in [-0.25, -0.2) is 0 Å². The number of carboxylic acids is 1. The second kappa shape index (κ2) is 5.67. The van der Waals surface area contributed by atoms with Crippen molar-refractivity contribution < 1.29 is 19.5 Å². The zero-order valence-corrected chi connectivity index (χ0v) is 11.3. The molecule has 0 aliphatic carbocycles. The third-order valence-electron chi connectivity index (χ3n) is 3.65. The highest BCUT2D eigenvalue weighted by molar-refractivity contribution is 5.74. The fourth-order valence-electron chi connectivity index (χ4n) is 2.64. The van der Waals surface area contributed by atoms with Crippen LogP contribution in [0.3, 0.4) is 0 Å². The van der Waals surface area contributed by atoms with Crippen LogP contribution in [0, 0.1) is 0 Å². The van der Waals surface area contributed by atoms with Crippen LogP contribution in [-0.2, 0) is 11.3 Å². The summed E-state index contributed by atoms with van der Waals surface area (Å²) in [7, 11) is 0. The number of aliphatic hydroxyl groups excluding tert-OH is 1. The predicted octanol–water partition coefficient (Wildman–Crippen LogP) is 1.36. The Balaban J connectivity index is 1.74. The highest BCUT2D eigenvalue weighted by atomic mass is 16.5. The Bertz CT molecular complexity index is 626. The summed E-state index contributed by atoms with van der Waals surface area (Å²) >= 11 is 0. The van der Waals surface area contributed by atoms with Crippen molar-refractivity contribution in [2.45, 2.75) is 25.1 Å². The van der Waals surface area contributed by atoms with E-state index in [0.717, 1.165) is 5.56 Å². The summed E-state index contributed by atoms with van der Waals surface area (Å²) in [6.07, 6.45) is -0.356. The molecule has 0 saturated carbocycles. The Kier molecular flexibility index (Phi) is 3.72. The minimum Gasteiger partial charge on any atom is -0.480 e. The van der Waals surface area contributed by atoms with Gasteiger partial charge in [-0.2, -0.15) is 0 Å². The summed E-state index contributed by atoms with van der Waals surface area (Å²) in [6, 6.07) is 10.7. The fourth-order valence-corrected chi connectivity index (χ4v) is 2.64. The Morgan fingerprint density at radius 1 is 1.38 bits per heavy atom. The zero-order chi connectivity index (χ0) is 14.8. The summed E-state index contributed by atoms with van der Waals surface area (Å²) in [4.78, 5) is 12.9. The molecule has 1 saturated heterocycles. The molecule has 1 aliphatic heterocycles. The molecule has 110 valence electrons. The first-order valence-corrected chi connectivity index (χ1v) is 6.79. The molecule has 2 atom stereocenters. The molecule has 3 rings (SSSR count). The first-order valence-electron chi connectivity index (χ1n) is 6.79. The molecule has 0 amide bonds. The van der Waals surface area contributed by atoms with Crippen LogP contribution in [-0.4, -0.2) is 44.9 Å². The average Bonchev–Trinajstić information content (AvgIpc) is 3.07. The minimum atomic E-state index is -0.918. The van der Waals surface area contributed by atoms with Crippen LogP contribution in [0.5, 0.6) is 0 Å². The second-order valence-corrected chi connectivity index (χ2v) is 5.22. The van der Waals surface area contributed by atoms with Crippen molar-refractivity contribution in [3.05, 3.63) is 42.1 Å². The Morgan fingerprint density at radius 3 is 2.86 bits per heavy atom. The molecule has 2 N–H and O–H groups in total. The van der Waals surface area contributed by atoms with Crippen molar-refractivity contribution >= 4 is 5.97 Å². The Hall–Kier alpha value is -2.18. The maximum atomic E-state index is 11.2. The van der Waals surface area contributed by atoms with Crippen LogP contribution in [0.15, 0.2) is 40.9 Å². The van der Waals surface area contributed by atoms with Crippen molar-refractivity contribution in [2.24, 2.45) is 0 Å². The van der Waals surface area contributed by atoms with Gasteiger partial charge in [0.15, 0.2) is 5.76 Å². The SMILES string of the molecule is O=C(O)C1CC(O)CN1Cc1cc(-c2ccccc2)on1. The number of benzene rings is 1. The van der Waals surface area contributed by atoms with Gasteiger partial charge in [-0.3, -0.25) is 9.69 Å². The van der Waals surface area contributed by atoms with E-state index in [4.69, 9.17) is 9.63 Å². The van der Waals surface area contributed by atoms with Gasteiger partial charge >= 0.3 is 5.97 Å². The summed E-state index contributed by atoms with van der Waals surface area (Å²) in [5.74, 6) is -0.268. The van der Waals surface area contributed by atoms with Crippen LogP contribution in [0.4, 0.5) is 0 Å². The molecule has 0 spiro atoms. The molecule has 2 heterocycles.